The predicted octanol–water partition coefficient (Wildman–Crippen LogP) is 2.87. The van der Waals surface area contributed by atoms with Gasteiger partial charge in [-0.2, -0.15) is 0 Å². The fourth-order valence-corrected chi connectivity index (χ4v) is 2.79. The van der Waals surface area contributed by atoms with Crippen molar-refractivity contribution in [3.63, 3.8) is 0 Å². The van der Waals surface area contributed by atoms with Crippen LogP contribution in [0.5, 0.6) is 0 Å². The van der Waals surface area contributed by atoms with Crippen LogP contribution < -0.4 is 10.6 Å². The first-order valence-electron chi connectivity index (χ1n) is 6.55. The summed E-state index contributed by atoms with van der Waals surface area (Å²) in [7, 11) is 2.20. The van der Waals surface area contributed by atoms with Crippen molar-refractivity contribution in [2.24, 2.45) is 11.1 Å². The molecule has 1 aromatic rings. The quantitative estimate of drug-likeness (QED) is 0.846. The fraction of sp³-hybridized carbons (Fsp3) is 0.600. The minimum Gasteiger partial charge on any atom is -0.374 e. The second kappa shape index (κ2) is 4.69. The second-order valence-corrected chi connectivity index (χ2v) is 5.68. The highest BCUT2D eigenvalue weighted by Gasteiger charge is 2.42. The molecule has 0 aromatic heterocycles. The fourth-order valence-electron chi connectivity index (χ4n) is 2.79. The summed E-state index contributed by atoms with van der Waals surface area (Å²) in [6.07, 6.45) is 3.86. The third kappa shape index (κ3) is 2.81. The van der Waals surface area contributed by atoms with Crippen molar-refractivity contribution in [2.45, 2.75) is 33.1 Å². The first-order valence-corrected chi connectivity index (χ1v) is 6.55. The molecule has 0 spiro atoms. The number of rotatable bonds is 5. The van der Waals surface area contributed by atoms with Gasteiger partial charge in [0.15, 0.2) is 0 Å². The van der Waals surface area contributed by atoms with Crippen LogP contribution in [0.15, 0.2) is 18.2 Å². The number of aryl methyl sites for hydroxylation is 2. The van der Waals surface area contributed by atoms with Crippen molar-refractivity contribution < 1.29 is 0 Å². The summed E-state index contributed by atoms with van der Waals surface area (Å²) in [5, 5.41) is 0. The normalized spacial score (nSPS) is 16.9. The van der Waals surface area contributed by atoms with Gasteiger partial charge < -0.3 is 10.6 Å². The lowest BCUT2D eigenvalue weighted by Gasteiger charge is -2.27. The first-order chi connectivity index (χ1) is 8.06. The van der Waals surface area contributed by atoms with Gasteiger partial charge in [0.1, 0.15) is 0 Å². The zero-order chi connectivity index (χ0) is 12.5. The topological polar surface area (TPSA) is 29.3 Å². The molecule has 2 nitrogen and oxygen atoms in total. The van der Waals surface area contributed by atoms with Crippen LogP contribution in [-0.2, 0) is 0 Å². The van der Waals surface area contributed by atoms with Crippen LogP contribution in [0.1, 0.15) is 30.4 Å². The Balaban J connectivity index is 2.07. The Kier molecular flexibility index (Phi) is 3.43. The van der Waals surface area contributed by atoms with Gasteiger partial charge in [0.25, 0.3) is 0 Å². The molecule has 1 aromatic carbocycles. The van der Waals surface area contributed by atoms with E-state index in [9.17, 15) is 0 Å². The average Bonchev–Trinajstić information content (AvgIpc) is 2.97. The Morgan fingerprint density at radius 1 is 1.29 bits per heavy atom. The Hall–Kier alpha value is -1.02. The summed E-state index contributed by atoms with van der Waals surface area (Å²) < 4.78 is 0. The number of hydrogen-bond acceptors (Lipinski definition) is 2. The molecule has 0 heterocycles. The standard InChI is InChI=1S/C15H24N2/c1-12-4-5-14(13(2)10-12)17(3)11-15(6-7-15)8-9-16/h4-5,10H,6-9,11,16H2,1-3H3. The molecular weight excluding hydrogens is 208 g/mol. The average molecular weight is 232 g/mol. The van der Waals surface area contributed by atoms with E-state index in [2.05, 4.69) is 44.0 Å². The van der Waals surface area contributed by atoms with Crippen molar-refractivity contribution in [3.05, 3.63) is 29.3 Å². The van der Waals surface area contributed by atoms with Crippen LogP contribution in [0.25, 0.3) is 0 Å². The molecule has 1 aliphatic rings. The highest BCUT2D eigenvalue weighted by atomic mass is 15.1. The Morgan fingerprint density at radius 2 is 2.00 bits per heavy atom. The van der Waals surface area contributed by atoms with Crippen LogP contribution in [0.3, 0.4) is 0 Å². The molecule has 17 heavy (non-hydrogen) atoms. The minimum absolute atomic E-state index is 0.515. The molecule has 0 atom stereocenters. The van der Waals surface area contributed by atoms with E-state index < -0.39 is 0 Å². The van der Waals surface area contributed by atoms with Gasteiger partial charge in [-0.3, -0.25) is 0 Å². The highest BCUT2D eigenvalue weighted by Crippen LogP contribution is 2.49. The third-order valence-corrected chi connectivity index (χ3v) is 3.97. The van der Waals surface area contributed by atoms with E-state index in [4.69, 9.17) is 5.73 Å². The van der Waals surface area contributed by atoms with E-state index in [1.807, 2.05) is 0 Å². The largest absolute Gasteiger partial charge is 0.374 e. The van der Waals surface area contributed by atoms with Crippen molar-refractivity contribution in [1.29, 1.82) is 0 Å². The molecule has 2 heteroatoms. The van der Waals surface area contributed by atoms with Gasteiger partial charge in [-0.15, -0.1) is 0 Å². The van der Waals surface area contributed by atoms with Gasteiger partial charge in [0, 0.05) is 19.3 Å². The van der Waals surface area contributed by atoms with Crippen LogP contribution in [0, 0.1) is 19.3 Å². The summed E-state index contributed by atoms with van der Waals surface area (Å²) in [6, 6.07) is 6.69. The van der Waals surface area contributed by atoms with E-state index in [1.165, 1.54) is 36.1 Å². The van der Waals surface area contributed by atoms with E-state index in [1.54, 1.807) is 0 Å². The number of anilines is 1. The predicted molar refractivity (Wildman–Crippen MR) is 74.5 cm³/mol. The number of benzene rings is 1. The molecule has 0 bridgehead atoms. The molecule has 0 unspecified atom stereocenters. The van der Waals surface area contributed by atoms with E-state index in [0.717, 1.165) is 13.1 Å². The molecule has 2 N–H and O–H groups in total. The molecular formula is C15H24N2. The lowest BCUT2D eigenvalue weighted by atomic mass is 10.0. The lowest BCUT2D eigenvalue weighted by molar-refractivity contribution is 0.475. The molecule has 1 fully saturated rings. The second-order valence-electron chi connectivity index (χ2n) is 5.68. The Morgan fingerprint density at radius 3 is 2.53 bits per heavy atom. The zero-order valence-corrected chi connectivity index (χ0v) is 11.3. The van der Waals surface area contributed by atoms with Gasteiger partial charge >= 0.3 is 0 Å². The maximum atomic E-state index is 5.70. The zero-order valence-electron chi connectivity index (χ0n) is 11.3. The van der Waals surface area contributed by atoms with Crippen molar-refractivity contribution in [2.75, 3.05) is 25.0 Å². The van der Waals surface area contributed by atoms with Crippen molar-refractivity contribution in [3.8, 4) is 0 Å². The molecule has 94 valence electrons. The van der Waals surface area contributed by atoms with Crippen LogP contribution >= 0.6 is 0 Å². The summed E-state index contributed by atoms with van der Waals surface area (Å²) in [5.41, 5.74) is 10.3. The summed E-state index contributed by atoms with van der Waals surface area (Å²) in [4.78, 5) is 2.40. The highest BCUT2D eigenvalue weighted by molar-refractivity contribution is 5.54. The minimum atomic E-state index is 0.515. The van der Waals surface area contributed by atoms with Crippen molar-refractivity contribution in [1.82, 2.24) is 0 Å². The van der Waals surface area contributed by atoms with Crippen molar-refractivity contribution >= 4 is 5.69 Å². The maximum absolute atomic E-state index is 5.70. The number of nitrogens with two attached hydrogens (primary N) is 1. The number of nitrogens with zero attached hydrogens (tertiary/aromatic N) is 1. The molecule has 2 rings (SSSR count). The molecule has 0 aliphatic heterocycles. The van der Waals surface area contributed by atoms with Gasteiger partial charge in [0.05, 0.1) is 0 Å². The summed E-state index contributed by atoms with van der Waals surface area (Å²) >= 11 is 0. The third-order valence-electron chi connectivity index (χ3n) is 3.97. The molecule has 0 amide bonds. The van der Waals surface area contributed by atoms with E-state index in [0.29, 0.717) is 5.41 Å². The van der Waals surface area contributed by atoms with Crippen LogP contribution in [0.4, 0.5) is 5.69 Å². The van der Waals surface area contributed by atoms with Gasteiger partial charge in [0.2, 0.25) is 0 Å². The summed E-state index contributed by atoms with van der Waals surface area (Å²) in [5.74, 6) is 0. The Bertz CT molecular complexity index is 394. The van der Waals surface area contributed by atoms with Gasteiger partial charge in [-0.05, 0) is 56.7 Å². The molecule has 1 saturated carbocycles. The molecule has 1 aliphatic carbocycles. The number of hydrogen-bond donors (Lipinski definition) is 1. The smallest absolute Gasteiger partial charge is 0.0393 e. The monoisotopic (exact) mass is 232 g/mol. The first kappa shape index (κ1) is 12.4. The van der Waals surface area contributed by atoms with Crippen LogP contribution in [0.2, 0.25) is 0 Å². The lowest BCUT2D eigenvalue weighted by Crippen LogP contribution is -2.28. The Labute approximate surface area is 105 Å². The van der Waals surface area contributed by atoms with E-state index >= 15 is 0 Å². The molecule has 0 radical (unpaired) electrons. The van der Waals surface area contributed by atoms with E-state index in [-0.39, 0.29) is 0 Å². The van der Waals surface area contributed by atoms with Crippen LogP contribution in [-0.4, -0.2) is 20.1 Å². The molecule has 0 saturated heterocycles. The maximum Gasteiger partial charge on any atom is 0.0393 e. The summed E-state index contributed by atoms with van der Waals surface area (Å²) in [6.45, 7) is 6.31. The van der Waals surface area contributed by atoms with Gasteiger partial charge in [-0.1, -0.05) is 17.7 Å². The SMILES string of the molecule is Cc1ccc(N(C)CC2(CCN)CC2)c(C)c1. The van der Waals surface area contributed by atoms with Gasteiger partial charge in [-0.25, -0.2) is 0 Å².